The first-order valence-corrected chi connectivity index (χ1v) is 11.2. The predicted molar refractivity (Wildman–Crippen MR) is 119 cm³/mol. The van der Waals surface area contributed by atoms with Gasteiger partial charge in [-0.3, -0.25) is 9.89 Å². The van der Waals surface area contributed by atoms with Gasteiger partial charge in [-0.25, -0.2) is 0 Å². The summed E-state index contributed by atoms with van der Waals surface area (Å²) in [7, 11) is 1.83. The Bertz CT molecular complexity index is 652. The highest BCUT2D eigenvalue weighted by Gasteiger charge is 2.20. The maximum Gasteiger partial charge on any atom is 0.191 e. The van der Waals surface area contributed by atoms with E-state index in [2.05, 4.69) is 52.6 Å². The minimum absolute atomic E-state index is 0.502. The molecule has 0 bridgehead atoms. The second kappa shape index (κ2) is 11.4. The topological polar surface area (TPSA) is 58.1 Å². The second-order valence-corrected chi connectivity index (χ2v) is 8.26. The molecule has 0 aliphatic carbocycles. The highest BCUT2D eigenvalue weighted by atomic mass is 16.5. The first kappa shape index (κ1) is 21.9. The summed E-state index contributed by atoms with van der Waals surface area (Å²) in [5.41, 5.74) is 2.37. The minimum Gasteiger partial charge on any atom is -0.493 e. The summed E-state index contributed by atoms with van der Waals surface area (Å²) in [6.45, 7) is 10.8. The molecule has 2 fully saturated rings. The Morgan fingerprint density at radius 1 is 1.31 bits per heavy atom. The van der Waals surface area contributed by atoms with Crippen molar-refractivity contribution in [1.29, 1.82) is 0 Å². The molecule has 2 saturated heterocycles. The van der Waals surface area contributed by atoms with Gasteiger partial charge in [0, 0.05) is 44.3 Å². The zero-order valence-corrected chi connectivity index (χ0v) is 18.4. The van der Waals surface area contributed by atoms with Crippen LogP contribution in [0.2, 0.25) is 0 Å². The van der Waals surface area contributed by atoms with Crippen molar-refractivity contribution in [3.63, 3.8) is 0 Å². The molecule has 0 amide bonds. The zero-order valence-electron chi connectivity index (χ0n) is 18.4. The standard InChI is InChI=1S/C23H38N4O2/c1-4-21(27-10-5-6-11-27)15-26-23(24-3)25-14-20-8-7-18(2)13-22(20)29-17-19-9-12-28-16-19/h7-8,13,19,21H,4-6,9-12,14-17H2,1-3H3,(H2,24,25,26). The molecule has 2 N–H and O–H groups in total. The van der Waals surface area contributed by atoms with Crippen LogP contribution in [0.1, 0.15) is 43.7 Å². The van der Waals surface area contributed by atoms with Crippen molar-refractivity contribution in [3.8, 4) is 5.75 Å². The Hall–Kier alpha value is -1.79. The van der Waals surface area contributed by atoms with Gasteiger partial charge in [0.2, 0.25) is 0 Å². The maximum absolute atomic E-state index is 6.16. The van der Waals surface area contributed by atoms with E-state index in [1.54, 1.807) is 0 Å². The van der Waals surface area contributed by atoms with E-state index in [4.69, 9.17) is 9.47 Å². The van der Waals surface area contributed by atoms with E-state index in [1.807, 2.05) is 7.05 Å². The Morgan fingerprint density at radius 3 is 2.83 bits per heavy atom. The number of likely N-dealkylation sites (tertiary alicyclic amines) is 1. The number of guanidine groups is 1. The number of ether oxygens (including phenoxy) is 2. The van der Waals surface area contributed by atoms with Crippen LogP contribution in [0.25, 0.3) is 0 Å². The fourth-order valence-electron chi connectivity index (χ4n) is 4.12. The third kappa shape index (κ3) is 6.61. The van der Waals surface area contributed by atoms with Gasteiger partial charge in [0.25, 0.3) is 0 Å². The molecular weight excluding hydrogens is 364 g/mol. The van der Waals surface area contributed by atoms with E-state index < -0.39 is 0 Å². The smallest absolute Gasteiger partial charge is 0.191 e. The molecule has 6 nitrogen and oxygen atoms in total. The van der Waals surface area contributed by atoms with Crippen molar-refractivity contribution in [2.24, 2.45) is 10.9 Å². The molecule has 0 saturated carbocycles. The van der Waals surface area contributed by atoms with E-state index >= 15 is 0 Å². The van der Waals surface area contributed by atoms with E-state index in [9.17, 15) is 0 Å². The number of hydrogen-bond donors (Lipinski definition) is 2. The number of benzene rings is 1. The molecule has 1 aromatic rings. The van der Waals surface area contributed by atoms with Gasteiger partial charge in [0.05, 0.1) is 13.2 Å². The molecule has 6 heteroatoms. The zero-order chi connectivity index (χ0) is 20.5. The summed E-state index contributed by atoms with van der Waals surface area (Å²) in [5.74, 6) is 2.31. The molecule has 162 valence electrons. The SMILES string of the molecule is CCC(CNC(=NC)NCc1ccc(C)cc1OCC1CCOC1)N1CCCC1. The van der Waals surface area contributed by atoms with Crippen molar-refractivity contribution >= 4 is 5.96 Å². The van der Waals surface area contributed by atoms with Crippen molar-refractivity contribution in [2.45, 2.75) is 52.1 Å². The Kier molecular flexibility index (Phi) is 8.62. The van der Waals surface area contributed by atoms with Gasteiger partial charge >= 0.3 is 0 Å². The lowest BCUT2D eigenvalue weighted by Gasteiger charge is -2.27. The quantitative estimate of drug-likeness (QED) is 0.491. The summed E-state index contributed by atoms with van der Waals surface area (Å²) < 4.78 is 11.6. The van der Waals surface area contributed by atoms with Gasteiger partial charge < -0.3 is 20.1 Å². The fraction of sp³-hybridized carbons (Fsp3) is 0.696. The summed E-state index contributed by atoms with van der Waals surface area (Å²) in [6, 6.07) is 6.99. The Labute approximate surface area is 176 Å². The number of aliphatic imine (C=N–C) groups is 1. The maximum atomic E-state index is 6.16. The largest absolute Gasteiger partial charge is 0.493 e. The molecule has 2 heterocycles. The molecule has 1 aromatic carbocycles. The Morgan fingerprint density at radius 2 is 2.14 bits per heavy atom. The number of rotatable bonds is 9. The highest BCUT2D eigenvalue weighted by Crippen LogP contribution is 2.22. The van der Waals surface area contributed by atoms with Crippen molar-refractivity contribution < 1.29 is 9.47 Å². The predicted octanol–water partition coefficient (Wildman–Crippen LogP) is 2.95. The lowest BCUT2D eigenvalue weighted by molar-refractivity contribution is 0.166. The van der Waals surface area contributed by atoms with Crippen LogP contribution in [0.15, 0.2) is 23.2 Å². The third-order valence-corrected chi connectivity index (χ3v) is 6.02. The van der Waals surface area contributed by atoms with E-state index in [1.165, 1.54) is 31.5 Å². The number of aryl methyl sites for hydroxylation is 1. The number of hydrogen-bond acceptors (Lipinski definition) is 4. The van der Waals surface area contributed by atoms with Crippen LogP contribution in [0.4, 0.5) is 0 Å². The second-order valence-electron chi connectivity index (χ2n) is 8.26. The molecule has 2 aliphatic rings. The Balaban J connectivity index is 1.51. The molecule has 2 unspecified atom stereocenters. The lowest BCUT2D eigenvalue weighted by atomic mass is 10.1. The normalized spacial score (nSPS) is 21.3. The molecule has 0 aromatic heterocycles. The summed E-state index contributed by atoms with van der Waals surface area (Å²) in [4.78, 5) is 7.01. The number of nitrogens with zero attached hydrogens (tertiary/aromatic N) is 2. The lowest BCUT2D eigenvalue weighted by Crippen LogP contribution is -2.46. The van der Waals surface area contributed by atoms with Gasteiger partial charge in [-0.15, -0.1) is 0 Å². The molecular formula is C23H38N4O2. The molecule has 2 atom stereocenters. The van der Waals surface area contributed by atoms with Crippen molar-refractivity contribution in [3.05, 3.63) is 29.3 Å². The van der Waals surface area contributed by atoms with E-state index in [0.717, 1.165) is 56.5 Å². The van der Waals surface area contributed by atoms with E-state index in [0.29, 0.717) is 18.5 Å². The van der Waals surface area contributed by atoms with Crippen LogP contribution in [0, 0.1) is 12.8 Å². The van der Waals surface area contributed by atoms with Crippen molar-refractivity contribution in [2.75, 3.05) is 46.5 Å². The van der Waals surface area contributed by atoms with Crippen molar-refractivity contribution in [1.82, 2.24) is 15.5 Å². The van der Waals surface area contributed by atoms with Gasteiger partial charge in [-0.2, -0.15) is 0 Å². The van der Waals surface area contributed by atoms with Gasteiger partial charge in [-0.05, 0) is 57.3 Å². The highest BCUT2D eigenvalue weighted by molar-refractivity contribution is 5.79. The average molecular weight is 403 g/mol. The molecule has 29 heavy (non-hydrogen) atoms. The molecule has 0 spiro atoms. The van der Waals surface area contributed by atoms with Gasteiger partial charge in [-0.1, -0.05) is 19.1 Å². The third-order valence-electron chi connectivity index (χ3n) is 6.02. The van der Waals surface area contributed by atoms with Crippen LogP contribution in [0.3, 0.4) is 0 Å². The first-order chi connectivity index (χ1) is 14.2. The van der Waals surface area contributed by atoms with Gasteiger partial charge in [0.1, 0.15) is 5.75 Å². The van der Waals surface area contributed by atoms with Crippen LogP contribution < -0.4 is 15.4 Å². The van der Waals surface area contributed by atoms with Crippen LogP contribution >= 0.6 is 0 Å². The minimum atomic E-state index is 0.502. The summed E-state index contributed by atoms with van der Waals surface area (Å²) in [5, 5.41) is 6.97. The fourth-order valence-corrected chi connectivity index (χ4v) is 4.12. The summed E-state index contributed by atoms with van der Waals surface area (Å²) >= 11 is 0. The van der Waals surface area contributed by atoms with Crippen LogP contribution in [-0.2, 0) is 11.3 Å². The number of nitrogens with one attached hydrogen (secondary N) is 2. The molecule has 3 rings (SSSR count). The average Bonchev–Trinajstić information content (AvgIpc) is 3.44. The van der Waals surface area contributed by atoms with Crippen LogP contribution in [0.5, 0.6) is 5.75 Å². The van der Waals surface area contributed by atoms with Gasteiger partial charge in [0.15, 0.2) is 5.96 Å². The molecule has 2 aliphatic heterocycles. The molecule has 0 radical (unpaired) electrons. The summed E-state index contributed by atoms with van der Waals surface area (Å²) in [6.07, 6.45) is 4.90. The first-order valence-electron chi connectivity index (χ1n) is 11.2. The van der Waals surface area contributed by atoms with E-state index in [-0.39, 0.29) is 0 Å². The van der Waals surface area contributed by atoms with Crippen LogP contribution in [-0.4, -0.2) is 63.4 Å². The monoisotopic (exact) mass is 402 g/mol.